The molecule has 2 atom stereocenters. The molecular weight excluding hydrogens is 941 g/mol. The van der Waals surface area contributed by atoms with Gasteiger partial charge in [0.2, 0.25) is 0 Å². The fourth-order valence-electron chi connectivity index (χ4n) is 14.2. The van der Waals surface area contributed by atoms with Gasteiger partial charge in [0.25, 0.3) is 0 Å². The highest BCUT2D eigenvalue weighted by Gasteiger charge is 2.58. The van der Waals surface area contributed by atoms with Gasteiger partial charge in [-0.3, -0.25) is 0 Å². The highest BCUT2D eigenvalue weighted by molar-refractivity contribution is 6.14. The van der Waals surface area contributed by atoms with Crippen LogP contribution in [0.3, 0.4) is 0 Å². The van der Waals surface area contributed by atoms with E-state index in [-0.39, 0.29) is 0 Å². The molecule has 0 radical (unpaired) electrons. The molecule has 366 valence electrons. The smallest absolute Gasteiger partial charge is 0.0543 e. The maximum Gasteiger partial charge on any atom is 0.0543 e. The molecule has 0 spiro atoms. The lowest BCUT2D eigenvalue weighted by Crippen LogP contribution is -2.44. The van der Waals surface area contributed by atoms with E-state index in [4.69, 9.17) is 0 Å². The highest BCUT2D eigenvalue weighted by atomic mass is 15.2. The fraction of sp³-hybridized carbons (Fsp3) is 0.0526. The Morgan fingerprint density at radius 1 is 0.231 bits per heavy atom. The summed E-state index contributed by atoms with van der Waals surface area (Å²) in [5.41, 5.74) is 16.1. The SMILES string of the molecule is CC1(C2(C)c3ccccc3-c3c2cc(N(c2ccc4ccccc4c2)c2ccc4ccccc4c2)c2ccccc32)c2ccccc2-c2c1cc(N(c1ccc3ccccc3c1)c1ccc3ccccc3c1)c1ccccc21. The standard InChI is InChI=1S/C76H52N2/c1-75(67-33-17-15-31-65(67)73-63-29-13-11-27-61(63)71(47-69(73)75)77(57-39-35-49-19-3-7-23-53(49)43-57)58-40-36-50-20-4-8-24-54(50)44-58)76(2)68-34-18-16-32-66(68)74-64-30-14-12-28-62(64)72(48-70(74)76)78(59-41-37-51-21-5-9-25-55(51)45-59)60-42-38-52-22-6-10-26-56(52)46-60/h3-48H,1-2H3. The van der Waals surface area contributed by atoms with Crippen molar-refractivity contribution in [2.24, 2.45) is 0 Å². The van der Waals surface area contributed by atoms with Crippen LogP contribution in [0.2, 0.25) is 0 Å². The second-order valence-corrected chi connectivity index (χ2v) is 21.9. The summed E-state index contributed by atoms with van der Waals surface area (Å²) in [6, 6.07) is 105. The lowest BCUT2D eigenvalue weighted by atomic mass is 9.56. The first-order valence-corrected chi connectivity index (χ1v) is 27.3. The number of anilines is 6. The van der Waals surface area contributed by atoms with Gasteiger partial charge >= 0.3 is 0 Å². The van der Waals surface area contributed by atoms with E-state index in [0.29, 0.717) is 0 Å². The molecule has 16 rings (SSSR count). The third-order valence-corrected chi connectivity index (χ3v) is 18.0. The monoisotopic (exact) mass is 992 g/mol. The summed E-state index contributed by atoms with van der Waals surface area (Å²) in [5, 5.41) is 14.6. The summed E-state index contributed by atoms with van der Waals surface area (Å²) >= 11 is 0. The Hall–Kier alpha value is -9.76. The molecule has 0 saturated carbocycles. The lowest BCUT2D eigenvalue weighted by molar-refractivity contribution is 0.376. The lowest BCUT2D eigenvalue weighted by Gasteiger charge is -2.46. The predicted molar refractivity (Wildman–Crippen MR) is 331 cm³/mol. The van der Waals surface area contributed by atoms with Crippen molar-refractivity contribution in [3.8, 4) is 22.3 Å². The van der Waals surface area contributed by atoms with Crippen LogP contribution >= 0.6 is 0 Å². The molecule has 0 amide bonds. The molecule has 2 heteroatoms. The molecule has 0 fully saturated rings. The van der Waals surface area contributed by atoms with Gasteiger partial charge in [-0.15, -0.1) is 0 Å². The second kappa shape index (κ2) is 16.9. The van der Waals surface area contributed by atoms with Crippen LogP contribution in [0.4, 0.5) is 34.1 Å². The Morgan fingerprint density at radius 2 is 0.500 bits per heavy atom. The maximum absolute atomic E-state index is 2.59. The molecule has 2 nitrogen and oxygen atoms in total. The van der Waals surface area contributed by atoms with Gasteiger partial charge in [0.05, 0.1) is 11.4 Å². The minimum atomic E-state index is -0.589. The highest BCUT2D eigenvalue weighted by Crippen LogP contribution is 2.68. The van der Waals surface area contributed by atoms with E-state index < -0.39 is 10.8 Å². The van der Waals surface area contributed by atoms with Crippen LogP contribution in [0, 0.1) is 0 Å². The number of nitrogens with zero attached hydrogens (tertiary/aromatic N) is 2. The zero-order valence-corrected chi connectivity index (χ0v) is 43.5. The van der Waals surface area contributed by atoms with Crippen molar-refractivity contribution in [2.45, 2.75) is 24.7 Å². The number of hydrogen-bond acceptors (Lipinski definition) is 2. The van der Waals surface area contributed by atoms with Gasteiger partial charge in [0.1, 0.15) is 0 Å². The summed E-state index contributed by atoms with van der Waals surface area (Å²) in [4.78, 5) is 5.06. The summed E-state index contributed by atoms with van der Waals surface area (Å²) in [6.07, 6.45) is 0. The van der Waals surface area contributed by atoms with E-state index in [1.165, 1.54) is 109 Å². The van der Waals surface area contributed by atoms with Crippen molar-refractivity contribution in [1.82, 2.24) is 0 Å². The first-order chi connectivity index (χ1) is 38.4. The van der Waals surface area contributed by atoms with E-state index in [2.05, 4.69) is 303 Å². The summed E-state index contributed by atoms with van der Waals surface area (Å²) < 4.78 is 0. The zero-order chi connectivity index (χ0) is 51.7. The van der Waals surface area contributed by atoms with E-state index in [1.54, 1.807) is 0 Å². The minimum absolute atomic E-state index is 0.589. The van der Waals surface area contributed by atoms with E-state index in [9.17, 15) is 0 Å². The quantitative estimate of drug-likeness (QED) is 0.157. The molecule has 14 aromatic carbocycles. The molecule has 78 heavy (non-hydrogen) atoms. The first kappa shape index (κ1) is 44.5. The van der Waals surface area contributed by atoms with Crippen LogP contribution < -0.4 is 9.80 Å². The van der Waals surface area contributed by atoms with Crippen LogP contribution in [0.15, 0.2) is 279 Å². The van der Waals surface area contributed by atoms with Crippen molar-refractivity contribution < 1.29 is 0 Å². The Balaban J connectivity index is 1.00. The van der Waals surface area contributed by atoms with Crippen molar-refractivity contribution in [3.05, 3.63) is 301 Å². The Morgan fingerprint density at radius 3 is 0.833 bits per heavy atom. The van der Waals surface area contributed by atoms with Gasteiger partial charge in [0.15, 0.2) is 0 Å². The predicted octanol–water partition coefficient (Wildman–Crippen LogP) is 20.8. The van der Waals surface area contributed by atoms with Crippen LogP contribution in [0.1, 0.15) is 36.1 Å². The molecule has 2 aliphatic carbocycles. The van der Waals surface area contributed by atoms with E-state index in [1.807, 2.05) is 0 Å². The summed E-state index contributed by atoms with van der Waals surface area (Å²) in [5.74, 6) is 0. The normalized spacial score (nSPS) is 16.2. The third kappa shape index (κ3) is 6.32. The molecule has 0 saturated heterocycles. The number of fused-ring (bicyclic) bond motifs is 14. The third-order valence-electron chi connectivity index (χ3n) is 18.0. The van der Waals surface area contributed by atoms with Gasteiger partial charge in [-0.25, -0.2) is 0 Å². The number of hydrogen-bond donors (Lipinski definition) is 0. The average Bonchev–Trinajstić information content (AvgIpc) is 3.10. The molecule has 0 bridgehead atoms. The Kier molecular flexibility index (Phi) is 9.63. The van der Waals surface area contributed by atoms with E-state index >= 15 is 0 Å². The molecule has 2 aliphatic rings. The average molecular weight is 993 g/mol. The zero-order valence-electron chi connectivity index (χ0n) is 43.5. The summed E-state index contributed by atoms with van der Waals surface area (Å²) in [7, 11) is 0. The van der Waals surface area contributed by atoms with Crippen molar-refractivity contribution in [3.63, 3.8) is 0 Å². The minimum Gasteiger partial charge on any atom is -0.310 e. The van der Waals surface area contributed by atoms with Gasteiger partial charge in [-0.05, 0) is 159 Å². The van der Waals surface area contributed by atoms with E-state index in [0.717, 1.165) is 34.1 Å². The Labute approximate surface area is 454 Å². The van der Waals surface area contributed by atoms with Gasteiger partial charge < -0.3 is 9.80 Å². The molecular formula is C76H52N2. The number of rotatable bonds is 7. The van der Waals surface area contributed by atoms with Gasteiger partial charge in [-0.2, -0.15) is 0 Å². The summed E-state index contributed by atoms with van der Waals surface area (Å²) in [6.45, 7) is 5.13. The van der Waals surface area contributed by atoms with Crippen LogP contribution in [0.5, 0.6) is 0 Å². The topological polar surface area (TPSA) is 6.48 Å². The van der Waals surface area contributed by atoms with Crippen molar-refractivity contribution in [1.29, 1.82) is 0 Å². The van der Waals surface area contributed by atoms with Crippen LogP contribution in [-0.2, 0) is 10.8 Å². The second-order valence-electron chi connectivity index (χ2n) is 21.9. The molecule has 0 N–H and O–H groups in total. The molecule has 0 aliphatic heterocycles. The largest absolute Gasteiger partial charge is 0.310 e. The Bertz CT molecular complexity index is 4350. The van der Waals surface area contributed by atoms with Gasteiger partial charge in [0, 0.05) is 44.4 Å². The van der Waals surface area contributed by atoms with Gasteiger partial charge in [-0.1, -0.05) is 232 Å². The molecule has 0 heterocycles. The number of benzene rings is 14. The fourth-order valence-corrected chi connectivity index (χ4v) is 14.2. The molecule has 14 aromatic rings. The first-order valence-electron chi connectivity index (χ1n) is 27.3. The molecule has 2 unspecified atom stereocenters. The van der Waals surface area contributed by atoms with Crippen LogP contribution in [0.25, 0.3) is 86.9 Å². The van der Waals surface area contributed by atoms with Crippen molar-refractivity contribution in [2.75, 3.05) is 9.80 Å². The van der Waals surface area contributed by atoms with Crippen LogP contribution in [-0.4, -0.2) is 0 Å². The van der Waals surface area contributed by atoms with Crippen molar-refractivity contribution >= 4 is 98.8 Å². The maximum atomic E-state index is 2.59. The molecule has 0 aromatic heterocycles.